The first-order chi connectivity index (χ1) is 5.97. The van der Waals surface area contributed by atoms with Crippen LogP contribution in [0.5, 0.6) is 0 Å². The molecule has 1 rings (SSSR count). The van der Waals surface area contributed by atoms with Gasteiger partial charge in [0, 0.05) is 18.0 Å². The number of anilines is 1. The van der Waals surface area contributed by atoms with Crippen molar-refractivity contribution in [2.45, 2.75) is 6.18 Å². The van der Waals surface area contributed by atoms with E-state index in [2.05, 4.69) is 4.98 Å². The van der Waals surface area contributed by atoms with Gasteiger partial charge in [-0.2, -0.15) is 17.6 Å². The van der Waals surface area contributed by atoms with E-state index in [1.54, 1.807) is 0 Å². The monoisotopic (exact) mass is 194 g/mol. The summed E-state index contributed by atoms with van der Waals surface area (Å²) in [5.74, 6) is -0.813. The molecule has 1 aromatic heterocycles. The summed E-state index contributed by atoms with van der Waals surface area (Å²) in [5, 5.41) is 2.02. The number of nitrogens with zero attached hydrogens (tertiary/aromatic N) is 1. The molecular formula is C7H6F4N2. The zero-order valence-corrected chi connectivity index (χ0v) is 6.40. The van der Waals surface area contributed by atoms with E-state index < -0.39 is 18.7 Å². The van der Waals surface area contributed by atoms with Gasteiger partial charge < -0.3 is 5.32 Å². The second kappa shape index (κ2) is 3.59. The first kappa shape index (κ1) is 9.76. The third-order valence-electron chi connectivity index (χ3n) is 1.22. The van der Waals surface area contributed by atoms with Crippen LogP contribution in [-0.4, -0.2) is 17.7 Å². The summed E-state index contributed by atoms with van der Waals surface area (Å²) in [5.41, 5.74) is 0.0600. The predicted octanol–water partition coefficient (Wildman–Crippen LogP) is 2.19. The minimum atomic E-state index is -4.31. The minimum absolute atomic E-state index is 0.0600. The molecule has 0 aliphatic heterocycles. The molecule has 1 N–H and O–H groups in total. The molecule has 0 saturated carbocycles. The zero-order chi connectivity index (χ0) is 9.90. The fourth-order valence-electron chi connectivity index (χ4n) is 0.715. The van der Waals surface area contributed by atoms with Crippen molar-refractivity contribution in [1.29, 1.82) is 0 Å². The van der Waals surface area contributed by atoms with Crippen LogP contribution in [0.2, 0.25) is 0 Å². The maximum absolute atomic E-state index is 12.4. The Hall–Kier alpha value is -1.33. The minimum Gasteiger partial charge on any atom is -0.376 e. The van der Waals surface area contributed by atoms with Crippen LogP contribution >= 0.6 is 0 Å². The Morgan fingerprint density at radius 3 is 2.62 bits per heavy atom. The smallest absolute Gasteiger partial charge is 0.376 e. The molecule has 0 saturated heterocycles. The predicted molar refractivity (Wildman–Crippen MR) is 38.7 cm³/mol. The molecule has 0 amide bonds. The molecule has 1 heterocycles. The Bertz CT molecular complexity index is 284. The van der Waals surface area contributed by atoms with Gasteiger partial charge in [0.2, 0.25) is 5.95 Å². The summed E-state index contributed by atoms with van der Waals surface area (Å²) >= 11 is 0. The summed E-state index contributed by atoms with van der Waals surface area (Å²) in [6.45, 7) is -1.18. The van der Waals surface area contributed by atoms with E-state index in [4.69, 9.17) is 0 Å². The highest BCUT2D eigenvalue weighted by molar-refractivity contribution is 5.41. The maximum Gasteiger partial charge on any atom is 0.405 e. The number of hydrogen-bond acceptors (Lipinski definition) is 2. The summed E-state index contributed by atoms with van der Waals surface area (Å²) in [7, 11) is 0. The van der Waals surface area contributed by atoms with E-state index in [0.717, 1.165) is 12.3 Å². The Labute approximate surface area is 71.6 Å². The van der Waals surface area contributed by atoms with Crippen LogP contribution in [0.3, 0.4) is 0 Å². The molecule has 1 aromatic rings. The van der Waals surface area contributed by atoms with Crippen LogP contribution in [-0.2, 0) is 0 Å². The van der Waals surface area contributed by atoms with Crippen molar-refractivity contribution < 1.29 is 17.6 Å². The second-order valence-corrected chi connectivity index (χ2v) is 2.34. The van der Waals surface area contributed by atoms with E-state index in [-0.39, 0.29) is 5.69 Å². The fraction of sp³-hybridized carbons (Fsp3) is 0.286. The lowest BCUT2D eigenvalue weighted by atomic mass is 10.4. The van der Waals surface area contributed by atoms with Gasteiger partial charge in [0.05, 0.1) is 0 Å². The van der Waals surface area contributed by atoms with Crippen molar-refractivity contribution in [2.75, 3.05) is 11.9 Å². The van der Waals surface area contributed by atoms with Crippen molar-refractivity contribution in [3.05, 3.63) is 24.3 Å². The highest BCUT2D eigenvalue weighted by Crippen LogP contribution is 2.16. The van der Waals surface area contributed by atoms with Gasteiger partial charge in [-0.25, -0.2) is 4.98 Å². The van der Waals surface area contributed by atoms with E-state index in [9.17, 15) is 17.6 Å². The van der Waals surface area contributed by atoms with Crippen LogP contribution in [0.4, 0.5) is 23.2 Å². The number of alkyl halides is 3. The summed E-state index contributed by atoms with van der Waals surface area (Å²) in [6, 6.07) is 2.15. The molecule has 0 bridgehead atoms. The quantitative estimate of drug-likeness (QED) is 0.576. The van der Waals surface area contributed by atoms with Crippen LogP contribution in [0.1, 0.15) is 0 Å². The van der Waals surface area contributed by atoms with Crippen molar-refractivity contribution >= 4 is 5.69 Å². The van der Waals surface area contributed by atoms with Crippen LogP contribution in [0, 0.1) is 5.95 Å². The average Bonchev–Trinajstić information content (AvgIpc) is 2.00. The maximum atomic E-state index is 12.4. The molecule has 0 unspecified atom stereocenters. The Kier molecular flexibility index (Phi) is 2.69. The molecule has 0 aliphatic rings. The summed E-state index contributed by atoms with van der Waals surface area (Å²) < 4.78 is 47.4. The van der Waals surface area contributed by atoms with Gasteiger partial charge >= 0.3 is 6.18 Å². The van der Waals surface area contributed by atoms with Crippen molar-refractivity contribution in [2.24, 2.45) is 0 Å². The van der Waals surface area contributed by atoms with Gasteiger partial charge in [0.25, 0.3) is 0 Å². The summed E-state index contributed by atoms with van der Waals surface area (Å²) in [4.78, 5) is 3.20. The molecule has 0 aliphatic carbocycles. The average molecular weight is 194 g/mol. The number of hydrogen-bond donors (Lipinski definition) is 1. The normalized spacial score (nSPS) is 11.4. The molecule has 0 radical (unpaired) electrons. The van der Waals surface area contributed by atoms with Gasteiger partial charge in [-0.3, -0.25) is 0 Å². The molecule has 0 spiro atoms. The van der Waals surface area contributed by atoms with E-state index >= 15 is 0 Å². The van der Waals surface area contributed by atoms with Gasteiger partial charge in [-0.05, 0) is 6.07 Å². The van der Waals surface area contributed by atoms with Crippen LogP contribution in [0.15, 0.2) is 18.3 Å². The highest BCUT2D eigenvalue weighted by atomic mass is 19.4. The molecule has 2 nitrogen and oxygen atoms in total. The molecular weight excluding hydrogens is 188 g/mol. The molecule has 0 fully saturated rings. The third-order valence-corrected chi connectivity index (χ3v) is 1.22. The van der Waals surface area contributed by atoms with Crippen molar-refractivity contribution in [1.82, 2.24) is 4.98 Å². The number of halogens is 4. The Morgan fingerprint density at radius 2 is 2.08 bits per heavy atom. The SMILES string of the molecule is Fc1cc(NCC(F)(F)F)ccn1. The van der Waals surface area contributed by atoms with Gasteiger partial charge in [-0.15, -0.1) is 0 Å². The van der Waals surface area contributed by atoms with Gasteiger partial charge in [0.1, 0.15) is 6.54 Å². The van der Waals surface area contributed by atoms with Gasteiger partial charge in [0.15, 0.2) is 0 Å². The largest absolute Gasteiger partial charge is 0.405 e. The summed E-state index contributed by atoms with van der Waals surface area (Å²) in [6.07, 6.45) is -3.21. The number of nitrogens with one attached hydrogen (secondary N) is 1. The third kappa shape index (κ3) is 3.73. The first-order valence-corrected chi connectivity index (χ1v) is 3.39. The van der Waals surface area contributed by atoms with Crippen LogP contribution < -0.4 is 5.32 Å². The number of aromatic nitrogens is 1. The Morgan fingerprint density at radius 1 is 1.38 bits per heavy atom. The van der Waals surface area contributed by atoms with E-state index in [1.807, 2.05) is 5.32 Å². The lowest BCUT2D eigenvalue weighted by molar-refractivity contribution is -0.115. The topological polar surface area (TPSA) is 24.9 Å². The van der Waals surface area contributed by atoms with Crippen LogP contribution in [0.25, 0.3) is 0 Å². The van der Waals surface area contributed by atoms with Gasteiger partial charge in [-0.1, -0.05) is 0 Å². The second-order valence-electron chi connectivity index (χ2n) is 2.34. The fourth-order valence-corrected chi connectivity index (χ4v) is 0.715. The lowest BCUT2D eigenvalue weighted by Crippen LogP contribution is -2.21. The number of pyridine rings is 1. The zero-order valence-electron chi connectivity index (χ0n) is 6.40. The molecule has 0 aromatic carbocycles. The Balaban J connectivity index is 2.55. The molecule has 13 heavy (non-hydrogen) atoms. The molecule has 0 atom stereocenters. The lowest BCUT2D eigenvalue weighted by Gasteiger charge is -2.08. The van der Waals surface area contributed by atoms with E-state index in [1.165, 1.54) is 6.07 Å². The van der Waals surface area contributed by atoms with Crippen molar-refractivity contribution in [3.8, 4) is 0 Å². The molecule has 72 valence electrons. The standard InChI is InChI=1S/C7H6F4N2/c8-6-3-5(1-2-12-6)13-4-7(9,10)11/h1-3H,4H2,(H,12,13). The van der Waals surface area contributed by atoms with Crippen molar-refractivity contribution in [3.63, 3.8) is 0 Å². The molecule has 6 heteroatoms. The first-order valence-electron chi connectivity index (χ1n) is 3.39. The van der Waals surface area contributed by atoms with E-state index in [0.29, 0.717) is 0 Å². The number of rotatable bonds is 2. The highest BCUT2D eigenvalue weighted by Gasteiger charge is 2.26.